The van der Waals surface area contributed by atoms with Crippen LogP contribution in [0.1, 0.15) is 31.7 Å². The molecule has 0 bridgehead atoms. The molecule has 0 spiro atoms. The zero-order valence-corrected chi connectivity index (χ0v) is 11.0. The predicted octanol–water partition coefficient (Wildman–Crippen LogP) is 3.34. The molecule has 0 fully saturated rings. The molecule has 1 unspecified atom stereocenters. The zero-order valence-electron chi connectivity index (χ0n) is 11.0. The van der Waals surface area contributed by atoms with E-state index in [1.165, 1.54) is 18.2 Å². The van der Waals surface area contributed by atoms with Gasteiger partial charge in [0, 0.05) is 0 Å². The highest BCUT2D eigenvalue weighted by Crippen LogP contribution is 2.36. The average Bonchev–Trinajstić information content (AvgIpc) is 2.88. The number of aromatic nitrogens is 2. The maximum absolute atomic E-state index is 12.9. The van der Waals surface area contributed by atoms with Crippen LogP contribution in [0.4, 0.5) is 13.2 Å². The first kappa shape index (κ1) is 14.5. The van der Waals surface area contributed by atoms with Gasteiger partial charge in [0.25, 0.3) is 5.89 Å². The van der Waals surface area contributed by atoms with Gasteiger partial charge in [-0.15, -0.1) is 0 Å². The Morgan fingerprint density at radius 3 is 2.50 bits per heavy atom. The Morgan fingerprint density at radius 1 is 1.25 bits per heavy atom. The molecule has 0 saturated carbocycles. The summed E-state index contributed by atoms with van der Waals surface area (Å²) in [6, 6.07) is 5.05. The van der Waals surface area contributed by atoms with Crippen molar-refractivity contribution < 1.29 is 17.7 Å². The fourth-order valence-corrected chi connectivity index (χ4v) is 1.64. The van der Waals surface area contributed by atoms with Crippen molar-refractivity contribution >= 4 is 0 Å². The minimum Gasteiger partial charge on any atom is -0.334 e. The SMILES string of the molecule is CCC(C)(N)c1noc(-c2ccccc2C(F)(F)F)n1. The summed E-state index contributed by atoms with van der Waals surface area (Å²) < 4.78 is 43.7. The highest BCUT2D eigenvalue weighted by molar-refractivity contribution is 5.59. The number of benzene rings is 1. The number of nitrogens with zero attached hydrogens (tertiary/aromatic N) is 2. The van der Waals surface area contributed by atoms with Crippen LogP contribution in [-0.4, -0.2) is 10.1 Å². The van der Waals surface area contributed by atoms with Crippen LogP contribution >= 0.6 is 0 Å². The number of alkyl halides is 3. The van der Waals surface area contributed by atoms with Crippen LogP contribution in [0.5, 0.6) is 0 Å². The quantitative estimate of drug-likeness (QED) is 0.939. The lowest BCUT2D eigenvalue weighted by Crippen LogP contribution is -2.33. The summed E-state index contributed by atoms with van der Waals surface area (Å²) in [7, 11) is 0. The van der Waals surface area contributed by atoms with Crippen molar-refractivity contribution in [2.45, 2.75) is 32.0 Å². The third kappa shape index (κ3) is 2.67. The first-order valence-electron chi connectivity index (χ1n) is 6.05. The molecule has 1 heterocycles. The van der Waals surface area contributed by atoms with E-state index in [-0.39, 0.29) is 17.3 Å². The van der Waals surface area contributed by atoms with Crippen molar-refractivity contribution in [3.63, 3.8) is 0 Å². The van der Waals surface area contributed by atoms with Gasteiger partial charge in [-0.3, -0.25) is 0 Å². The Balaban J connectivity index is 2.49. The maximum atomic E-state index is 12.9. The van der Waals surface area contributed by atoms with E-state index in [4.69, 9.17) is 10.3 Å². The highest BCUT2D eigenvalue weighted by Gasteiger charge is 2.35. The summed E-state index contributed by atoms with van der Waals surface area (Å²) in [6.45, 7) is 3.52. The van der Waals surface area contributed by atoms with E-state index < -0.39 is 17.3 Å². The van der Waals surface area contributed by atoms with E-state index in [2.05, 4.69) is 10.1 Å². The van der Waals surface area contributed by atoms with Gasteiger partial charge in [0.1, 0.15) is 0 Å². The fourth-order valence-electron chi connectivity index (χ4n) is 1.64. The van der Waals surface area contributed by atoms with E-state index >= 15 is 0 Å². The van der Waals surface area contributed by atoms with E-state index in [1.807, 2.05) is 6.92 Å². The van der Waals surface area contributed by atoms with Gasteiger partial charge in [-0.1, -0.05) is 24.2 Å². The summed E-state index contributed by atoms with van der Waals surface area (Å²) in [4.78, 5) is 3.99. The number of rotatable bonds is 3. The lowest BCUT2D eigenvalue weighted by atomic mass is 10.00. The van der Waals surface area contributed by atoms with Crippen molar-refractivity contribution in [2.24, 2.45) is 5.73 Å². The van der Waals surface area contributed by atoms with Crippen LogP contribution in [0, 0.1) is 0 Å². The second-order valence-corrected chi connectivity index (χ2v) is 4.74. The van der Waals surface area contributed by atoms with Crippen molar-refractivity contribution in [1.82, 2.24) is 10.1 Å². The van der Waals surface area contributed by atoms with Crippen LogP contribution in [0.3, 0.4) is 0 Å². The molecule has 0 aliphatic heterocycles. The Hall–Kier alpha value is -1.89. The number of hydrogen-bond acceptors (Lipinski definition) is 4. The van der Waals surface area contributed by atoms with Crippen LogP contribution in [-0.2, 0) is 11.7 Å². The Bertz CT molecular complexity index is 605. The van der Waals surface area contributed by atoms with Gasteiger partial charge in [-0.25, -0.2) is 0 Å². The minimum absolute atomic E-state index is 0.148. The van der Waals surface area contributed by atoms with E-state index in [9.17, 15) is 13.2 Å². The van der Waals surface area contributed by atoms with Gasteiger partial charge in [0.05, 0.1) is 16.7 Å². The average molecular weight is 285 g/mol. The van der Waals surface area contributed by atoms with Gasteiger partial charge in [-0.2, -0.15) is 18.2 Å². The molecule has 0 radical (unpaired) electrons. The smallest absolute Gasteiger partial charge is 0.334 e. The van der Waals surface area contributed by atoms with Gasteiger partial charge in [-0.05, 0) is 25.5 Å². The molecule has 20 heavy (non-hydrogen) atoms. The van der Waals surface area contributed by atoms with Crippen molar-refractivity contribution in [1.29, 1.82) is 0 Å². The molecule has 1 aromatic heterocycles. The number of halogens is 3. The maximum Gasteiger partial charge on any atom is 0.417 e. The van der Waals surface area contributed by atoms with Crippen LogP contribution in [0.25, 0.3) is 11.5 Å². The largest absolute Gasteiger partial charge is 0.417 e. The number of hydrogen-bond donors (Lipinski definition) is 1. The molecular weight excluding hydrogens is 271 g/mol. The predicted molar refractivity (Wildman–Crippen MR) is 66.6 cm³/mol. The second-order valence-electron chi connectivity index (χ2n) is 4.74. The third-order valence-electron chi connectivity index (χ3n) is 3.13. The van der Waals surface area contributed by atoms with Crippen molar-refractivity contribution in [3.8, 4) is 11.5 Å². The van der Waals surface area contributed by atoms with Crippen LogP contribution < -0.4 is 5.73 Å². The Morgan fingerprint density at radius 2 is 1.90 bits per heavy atom. The summed E-state index contributed by atoms with van der Waals surface area (Å²) >= 11 is 0. The molecular formula is C13H14F3N3O. The molecule has 2 N–H and O–H groups in total. The van der Waals surface area contributed by atoms with Crippen molar-refractivity contribution in [2.75, 3.05) is 0 Å². The van der Waals surface area contributed by atoms with Crippen molar-refractivity contribution in [3.05, 3.63) is 35.7 Å². The molecule has 0 saturated heterocycles. The Labute approximate surface area is 113 Å². The summed E-state index contributed by atoms with van der Waals surface area (Å²) in [5, 5.41) is 3.68. The molecule has 1 aromatic carbocycles. The minimum atomic E-state index is -4.48. The van der Waals surface area contributed by atoms with Gasteiger partial charge in [0.2, 0.25) is 0 Å². The molecule has 2 rings (SSSR count). The standard InChI is InChI=1S/C13H14F3N3O/c1-3-12(2,17)11-18-10(20-19-11)8-6-4-5-7-9(8)13(14,15)16/h4-7H,3,17H2,1-2H3. The first-order valence-corrected chi connectivity index (χ1v) is 6.05. The molecule has 7 heteroatoms. The van der Waals surface area contributed by atoms with E-state index in [0.29, 0.717) is 6.42 Å². The molecule has 0 aliphatic rings. The third-order valence-corrected chi connectivity index (χ3v) is 3.13. The summed E-state index contributed by atoms with van der Waals surface area (Å²) in [5.74, 6) is 0.00466. The molecule has 2 aromatic rings. The zero-order chi connectivity index (χ0) is 15.0. The molecule has 0 amide bonds. The molecule has 108 valence electrons. The molecule has 0 aliphatic carbocycles. The molecule has 4 nitrogen and oxygen atoms in total. The van der Waals surface area contributed by atoms with Crippen LogP contribution in [0.2, 0.25) is 0 Å². The summed E-state index contributed by atoms with van der Waals surface area (Å²) in [5.41, 5.74) is 4.15. The van der Waals surface area contributed by atoms with Gasteiger partial charge >= 0.3 is 6.18 Å². The number of nitrogens with two attached hydrogens (primary N) is 1. The molecule has 1 atom stereocenters. The monoisotopic (exact) mass is 285 g/mol. The normalized spacial score (nSPS) is 15.1. The fraction of sp³-hybridized carbons (Fsp3) is 0.385. The lowest BCUT2D eigenvalue weighted by molar-refractivity contribution is -0.137. The van der Waals surface area contributed by atoms with Gasteiger partial charge < -0.3 is 10.3 Å². The van der Waals surface area contributed by atoms with E-state index in [1.54, 1.807) is 6.92 Å². The first-order chi connectivity index (χ1) is 9.25. The van der Waals surface area contributed by atoms with Gasteiger partial charge in [0.15, 0.2) is 5.82 Å². The topological polar surface area (TPSA) is 64.9 Å². The highest BCUT2D eigenvalue weighted by atomic mass is 19.4. The Kier molecular flexibility index (Phi) is 3.56. The van der Waals surface area contributed by atoms with E-state index in [0.717, 1.165) is 6.07 Å². The second kappa shape index (κ2) is 4.90. The summed E-state index contributed by atoms with van der Waals surface area (Å²) in [6.07, 6.45) is -3.95. The van der Waals surface area contributed by atoms with Crippen LogP contribution in [0.15, 0.2) is 28.8 Å². The lowest BCUT2D eigenvalue weighted by Gasteiger charge is -2.16.